The van der Waals surface area contributed by atoms with Gasteiger partial charge in [-0.05, 0) is 13.0 Å². The molecule has 0 saturated carbocycles. The molecule has 0 aliphatic carbocycles. The molecule has 0 amide bonds. The van der Waals surface area contributed by atoms with Crippen LogP contribution < -0.4 is 0 Å². The minimum atomic E-state index is -0.845. The summed E-state index contributed by atoms with van der Waals surface area (Å²) >= 11 is 0. The fraction of sp³-hybridized carbons (Fsp3) is 0.714. The van der Waals surface area contributed by atoms with Crippen LogP contribution in [0, 0.1) is 0 Å². The molecule has 1 heterocycles. The second-order valence-electron chi connectivity index (χ2n) is 2.43. The zero-order chi connectivity index (χ0) is 7.56. The highest BCUT2D eigenvalue weighted by atomic mass is 16.5. The third kappa shape index (κ3) is 1.49. The van der Waals surface area contributed by atoms with Crippen molar-refractivity contribution in [1.29, 1.82) is 0 Å². The average Bonchev–Trinajstić information content (AvgIpc) is 2.36. The molecule has 0 aromatic heterocycles. The van der Waals surface area contributed by atoms with Gasteiger partial charge in [-0.2, -0.15) is 0 Å². The van der Waals surface area contributed by atoms with Crippen LogP contribution in [-0.4, -0.2) is 29.0 Å². The van der Waals surface area contributed by atoms with Gasteiger partial charge < -0.3 is 14.9 Å². The first kappa shape index (κ1) is 7.57. The number of rotatable bonds is 2. The van der Waals surface area contributed by atoms with Crippen molar-refractivity contribution < 1.29 is 14.9 Å². The highest BCUT2D eigenvalue weighted by molar-refractivity contribution is 5.05. The zero-order valence-electron chi connectivity index (χ0n) is 5.95. The monoisotopic (exact) mass is 144 g/mol. The molecule has 2 N–H and O–H groups in total. The minimum absolute atomic E-state index is 0.509. The average molecular weight is 144 g/mol. The van der Waals surface area contributed by atoms with E-state index in [4.69, 9.17) is 9.84 Å². The Kier molecular flexibility index (Phi) is 2.29. The van der Waals surface area contributed by atoms with Gasteiger partial charge in [0.1, 0.15) is 11.9 Å². The quantitative estimate of drug-likeness (QED) is 0.575. The first-order chi connectivity index (χ1) is 4.72. The molecule has 1 rings (SSSR count). The molecular formula is C7H12O3. The van der Waals surface area contributed by atoms with Crippen LogP contribution in [0.2, 0.25) is 0 Å². The summed E-state index contributed by atoms with van der Waals surface area (Å²) in [5.41, 5.74) is 0. The molecule has 0 spiro atoms. The van der Waals surface area contributed by atoms with Crippen LogP contribution >= 0.6 is 0 Å². The smallest absolute Gasteiger partial charge is 0.136 e. The molecule has 0 aromatic rings. The number of ether oxygens (including phenoxy) is 1. The minimum Gasteiger partial charge on any atom is -0.495 e. The van der Waals surface area contributed by atoms with E-state index in [0.717, 1.165) is 6.42 Å². The molecule has 0 bridgehead atoms. The van der Waals surface area contributed by atoms with E-state index in [9.17, 15) is 5.11 Å². The molecule has 1 aliphatic rings. The Bertz CT molecular complexity index is 140. The third-order valence-electron chi connectivity index (χ3n) is 1.48. The lowest BCUT2D eigenvalue weighted by molar-refractivity contribution is 0.0188. The Balaban J connectivity index is 2.47. The normalized spacial score (nSPS) is 23.3. The van der Waals surface area contributed by atoms with Crippen LogP contribution in [0.5, 0.6) is 0 Å². The van der Waals surface area contributed by atoms with Crippen molar-refractivity contribution >= 4 is 0 Å². The van der Waals surface area contributed by atoms with Crippen molar-refractivity contribution in [2.24, 2.45) is 0 Å². The fourth-order valence-electron chi connectivity index (χ4n) is 0.881. The van der Waals surface area contributed by atoms with E-state index < -0.39 is 12.2 Å². The summed E-state index contributed by atoms with van der Waals surface area (Å²) in [6.07, 6.45) is 1.04. The molecule has 1 aliphatic heterocycles. The molecule has 3 nitrogen and oxygen atoms in total. The maximum Gasteiger partial charge on any atom is 0.136 e. The van der Waals surface area contributed by atoms with E-state index in [2.05, 4.69) is 0 Å². The molecular weight excluding hydrogens is 132 g/mol. The van der Waals surface area contributed by atoms with E-state index in [-0.39, 0.29) is 0 Å². The maximum atomic E-state index is 9.18. The van der Waals surface area contributed by atoms with E-state index in [0.29, 0.717) is 12.4 Å². The van der Waals surface area contributed by atoms with Crippen molar-refractivity contribution in [1.82, 2.24) is 0 Å². The number of hydrogen-bond donors (Lipinski definition) is 2. The van der Waals surface area contributed by atoms with Gasteiger partial charge >= 0.3 is 0 Å². The second kappa shape index (κ2) is 3.03. The molecule has 0 radical (unpaired) electrons. The van der Waals surface area contributed by atoms with Gasteiger partial charge in [0.15, 0.2) is 0 Å². The lowest BCUT2D eigenvalue weighted by atomic mass is 10.2. The summed E-state index contributed by atoms with van der Waals surface area (Å²) < 4.78 is 5.03. The highest BCUT2D eigenvalue weighted by Crippen LogP contribution is 2.15. The summed E-state index contributed by atoms with van der Waals surface area (Å²) in [6.45, 7) is 2.16. The van der Waals surface area contributed by atoms with Gasteiger partial charge in [0.05, 0.1) is 12.7 Å². The molecule has 2 unspecified atom stereocenters. The molecule has 2 atom stereocenters. The first-order valence-electron chi connectivity index (χ1n) is 3.41. The topological polar surface area (TPSA) is 49.7 Å². The van der Waals surface area contributed by atoms with Crippen molar-refractivity contribution in [2.75, 3.05) is 6.61 Å². The summed E-state index contributed by atoms with van der Waals surface area (Å²) in [5, 5.41) is 18.1. The van der Waals surface area contributed by atoms with Gasteiger partial charge in [0, 0.05) is 6.42 Å². The molecule has 0 aromatic carbocycles. The van der Waals surface area contributed by atoms with Crippen molar-refractivity contribution in [3.8, 4) is 0 Å². The van der Waals surface area contributed by atoms with Gasteiger partial charge in [-0.15, -0.1) is 0 Å². The summed E-state index contributed by atoms with van der Waals surface area (Å²) in [7, 11) is 0. The zero-order valence-corrected chi connectivity index (χ0v) is 5.95. The van der Waals surface area contributed by atoms with E-state index in [1.54, 1.807) is 6.08 Å². The fourth-order valence-corrected chi connectivity index (χ4v) is 0.881. The molecule has 0 fully saturated rings. The Morgan fingerprint density at radius 2 is 2.30 bits per heavy atom. The molecule has 3 heteroatoms. The summed E-state index contributed by atoms with van der Waals surface area (Å²) in [4.78, 5) is 0. The maximum absolute atomic E-state index is 9.18. The number of aliphatic hydroxyl groups excluding tert-OH is 2. The summed E-state index contributed by atoms with van der Waals surface area (Å²) in [6, 6.07) is 0. The predicted molar refractivity (Wildman–Crippen MR) is 36.3 cm³/mol. The van der Waals surface area contributed by atoms with Gasteiger partial charge in [0.25, 0.3) is 0 Å². The first-order valence-corrected chi connectivity index (χ1v) is 3.41. The molecule has 10 heavy (non-hydrogen) atoms. The molecule has 58 valence electrons. The van der Waals surface area contributed by atoms with E-state index in [1.165, 1.54) is 6.92 Å². The van der Waals surface area contributed by atoms with Gasteiger partial charge in [-0.25, -0.2) is 0 Å². The Labute approximate surface area is 59.9 Å². The van der Waals surface area contributed by atoms with Crippen LogP contribution in [0.3, 0.4) is 0 Å². The number of aliphatic hydroxyl groups is 2. The Hall–Kier alpha value is -0.540. The highest BCUT2D eigenvalue weighted by Gasteiger charge is 2.19. The SMILES string of the molecule is CC(O)C(O)C1=CCCO1. The van der Waals surface area contributed by atoms with E-state index in [1.807, 2.05) is 0 Å². The lowest BCUT2D eigenvalue weighted by Gasteiger charge is -2.13. The van der Waals surface area contributed by atoms with Crippen LogP contribution in [-0.2, 0) is 4.74 Å². The Morgan fingerprint density at radius 3 is 2.70 bits per heavy atom. The van der Waals surface area contributed by atoms with Crippen LogP contribution in [0.4, 0.5) is 0 Å². The standard InChI is InChI=1S/C7H12O3/c1-5(8)7(9)6-3-2-4-10-6/h3,5,7-9H,2,4H2,1H3. The van der Waals surface area contributed by atoms with E-state index >= 15 is 0 Å². The number of hydrogen-bond acceptors (Lipinski definition) is 3. The second-order valence-corrected chi connectivity index (χ2v) is 2.43. The van der Waals surface area contributed by atoms with Crippen LogP contribution in [0.15, 0.2) is 11.8 Å². The van der Waals surface area contributed by atoms with Crippen molar-refractivity contribution in [3.63, 3.8) is 0 Å². The van der Waals surface area contributed by atoms with Crippen molar-refractivity contribution in [2.45, 2.75) is 25.6 Å². The van der Waals surface area contributed by atoms with Gasteiger partial charge in [-0.3, -0.25) is 0 Å². The third-order valence-corrected chi connectivity index (χ3v) is 1.48. The predicted octanol–water partition coefficient (Wildman–Crippen LogP) is 0.0323. The Morgan fingerprint density at radius 1 is 1.60 bits per heavy atom. The summed E-state index contributed by atoms with van der Waals surface area (Å²) in [5.74, 6) is 0.509. The lowest BCUT2D eigenvalue weighted by Crippen LogP contribution is -2.24. The van der Waals surface area contributed by atoms with Crippen molar-refractivity contribution in [3.05, 3.63) is 11.8 Å². The van der Waals surface area contributed by atoms with Gasteiger partial charge in [0.2, 0.25) is 0 Å². The largest absolute Gasteiger partial charge is 0.495 e. The van der Waals surface area contributed by atoms with Crippen LogP contribution in [0.25, 0.3) is 0 Å². The molecule has 0 saturated heterocycles. The van der Waals surface area contributed by atoms with Crippen LogP contribution in [0.1, 0.15) is 13.3 Å². The van der Waals surface area contributed by atoms with Gasteiger partial charge in [-0.1, -0.05) is 0 Å².